The van der Waals surface area contributed by atoms with E-state index in [9.17, 15) is 0 Å². The van der Waals surface area contributed by atoms with Crippen LogP contribution >= 0.6 is 0 Å². The van der Waals surface area contributed by atoms with E-state index in [1.165, 1.54) is 58.3 Å². The summed E-state index contributed by atoms with van der Waals surface area (Å²) in [6, 6.07) is 0. The van der Waals surface area contributed by atoms with Crippen LogP contribution in [0.15, 0.2) is 92.7 Å². The van der Waals surface area contributed by atoms with Crippen LogP contribution in [0.2, 0.25) is 0 Å². The van der Waals surface area contributed by atoms with Crippen molar-refractivity contribution in [2.24, 2.45) is 5.92 Å². The number of rotatable bonds is 4. The van der Waals surface area contributed by atoms with Crippen molar-refractivity contribution in [2.75, 3.05) is 0 Å². The van der Waals surface area contributed by atoms with Crippen LogP contribution in [-0.4, -0.2) is 0 Å². The van der Waals surface area contributed by atoms with Crippen molar-refractivity contribution in [1.82, 2.24) is 0 Å². The van der Waals surface area contributed by atoms with Gasteiger partial charge in [0.15, 0.2) is 0 Å². The molecule has 0 fully saturated rings. The highest BCUT2D eigenvalue weighted by atomic mass is 14.3. The van der Waals surface area contributed by atoms with Gasteiger partial charge in [0.1, 0.15) is 0 Å². The maximum absolute atomic E-state index is 2.39. The Morgan fingerprint density at radius 1 is 0.880 bits per heavy atom. The maximum Gasteiger partial charge on any atom is 0.0239 e. The van der Waals surface area contributed by atoms with Gasteiger partial charge < -0.3 is 0 Å². The minimum absolute atomic E-state index is 0.537. The Morgan fingerprint density at radius 3 is 2.56 bits per heavy atom. The average molecular weight is 328 g/mol. The normalized spacial score (nSPS) is 24.6. The molecular formula is C25H28. The van der Waals surface area contributed by atoms with E-state index >= 15 is 0 Å². The molecule has 0 nitrogen and oxygen atoms in total. The molecule has 4 aliphatic rings. The molecule has 4 rings (SSSR count). The Hall–Kier alpha value is -2.08. The summed E-state index contributed by atoms with van der Waals surface area (Å²) >= 11 is 0. The highest BCUT2D eigenvalue weighted by Gasteiger charge is 2.28. The predicted molar refractivity (Wildman–Crippen MR) is 108 cm³/mol. The summed E-state index contributed by atoms with van der Waals surface area (Å²) in [6.45, 7) is 9.20. The summed E-state index contributed by atoms with van der Waals surface area (Å²) in [4.78, 5) is 0. The quantitative estimate of drug-likeness (QED) is 0.517. The lowest BCUT2D eigenvalue weighted by Gasteiger charge is -2.17. The molecule has 0 bridgehead atoms. The van der Waals surface area contributed by atoms with E-state index in [2.05, 4.69) is 70.2 Å². The SMILES string of the molecule is CC1=C(C)C(CCCC2=C(C)C(C)=C3C=CC=CC32)=C2C=CCC=C12. The van der Waals surface area contributed by atoms with E-state index in [1.54, 1.807) is 11.1 Å². The van der Waals surface area contributed by atoms with Gasteiger partial charge in [0, 0.05) is 5.92 Å². The molecule has 1 atom stereocenters. The van der Waals surface area contributed by atoms with Gasteiger partial charge in [-0.2, -0.15) is 0 Å². The number of hydrogen-bond donors (Lipinski definition) is 0. The molecule has 0 aliphatic heterocycles. The fourth-order valence-corrected chi connectivity index (χ4v) is 4.84. The lowest BCUT2D eigenvalue weighted by molar-refractivity contribution is 0.747. The van der Waals surface area contributed by atoms with E-state index in [4.69, 9.17) is 0 Å². The van der Waals surface area contributed by atoms with E-state index < -0.39 is 0 Å². The molecule has 1 unspecified atom stereocenters. The summed E-state index contributed by atoms with van der Waals surface area (Å²) < 4.78 is 0. The second-order valence-corrected chi connectivity index (χ2v) is 7.70. The van der Waals surface area contributed by atoms with E-state index in [0.717, 1.165) is 6.42 Å². The van der Waals surface area contributed by atoms with Crippen LogP contribution in [0, 0.1) is 5.92 Å². The first-order chi connectivity index (χ1) is 12.1. The second kappa shape index (κ2) is 6.33. The Morgan fingerprint density at radius 2 is 1.72 bits per heavy atom. The van der Waals surface area contributed by atoms with Crippen molar-refractivity contribution in [3.8, 4) is 0 Å². The Labute approximate surface area is 152 Å². The summed E-state index contributed by atoms with van der Waals surface area (Å²) in [5.74, 6) is 0.537. The van der Waals surface area contributed by atoms with Crippen LogP contribution in [-0.2, 0) is 0 Å². The first kappa shape index (κ1) is 16.4. The van der Waals surface area contributed by atoms with Gasteiger partial charge in [-0.15, -0.1) is 0 Å². The van der Waals surface area contributed by atoms with Gasteiger partial charge in [0.05, 0.1) is 0 Å². The molecule has 0 radical (unpaired) electrons. The van der Waals surface area contributed by atoms with Crippen molar-refractivity contribution in [1.29, 1.82) is 0 Å². The van der Waals surface area contributed by atoms with Gasteiger partial charge in [0.25, 0.3) is 0 Å². The van der Waals surface area contributed by atoms with Gasteiger partial charge in [-0.25, -0.2) is 0 Å². The molecule has 0 saturated heterocycles. The summed E-state index contributed by atoms with van der Waals surface area (Å²) in [5.41, 5.74) is 13.8. The van der Waals surface area contributed by atoms with Crippen LogP contribution < -0.4 is 0 Å². The van der Waals surface area contributed by atoms with Gasteiger partial charge in [0.2, 0.25) is 0 Å². The van der Waals surface area contributed by atoms with Gasteiger partial charge in [-0.1, -0.05) is 48.1 Å². The maximum atomic E-state index is 2.39. The molecule has 25 heavy (non-hydrogen) atoms. The lowest BCUT2D eigenvalue weighted by Crippen LogP contribution is -2.03. The highest BCUT2D eigenvalue weighted by molar-refractivity contribution is 5.67. The topological polar surface area (TPSA) is 0 Å². The number of allylic oxidation sites excluding steroid dienone is 16. The Balaban J connectivity index is 1.50. The molecule has 128 valence electrons. The Kier molecular flexibility index (Phi) is 4.15. The molecule has 0 spiro atoms. The number of fused-ring (bicyclic) bond motifs is 2. The third kappa shape index (κ3) is 2.59. The molecule has 4 aliphatic carbocycles. The third-order valence-corrected chi connectivity index (χ3v) is 6.53. The molecule has 0 aromatic heterocycles. The smallest absolute Gasteiger partial charge is 0.0239 e. The summed E-state index contributed by atoms with van der Waals surface area (Å²) in [7, 11) is 0. The minimum atomic E-state index is 0.537. The molecule has 0 amide bonds. The summed E-state index contributed by atoms with van der Waals surface area (Å²) in [5, 5.41) is 0. The first-order valence-corrected chi connectivity index (χ1v) is 9.63. The molecule has 0 saturated carbocycles. The summed E-state index contributed by atoms with van der Waals surface area (Å²) in [6.07, 6.45) is 20.8. The van der Waals surface area contributed by atoms with Gasteiger partial charge in [-0.3, -0.25) is 0 Å². The van der Waals surface area contributed by atoms with Crippen molar-refractivity contribution in [3.05, 3.63) is 92.7 Å². The van der Waals surface area contributed by atoms with Crippen LogP contribution in [0.3, 0.4) is 0 Å². The first-order valence-electron chi connectivity index (χ1n) is 9.63. The zero-order valence-corrected chi connectivity index (χ0v) is 15.9. The van der Waals surface area contributed by atoms with E-state index in [-0.39, 0.29) is 0 Å². The minimum Gasteiger partial charge on any atom is -0.0801 e. The molecule has 0 heteroatoms. The predicted octanol–water partition coefficient (Wildman–Crippen LogP) is 7.08. The zero-order chi connectivity index (χ0) is 17.6. The second-order valence-electron chi connectivity index (χ2n) is 7.70. The number of hydrogen-bond acceptors (Lipinski definition) is 0. The monoisotopic (exact) mass is 328 g/mol. The van der Waals surface area contributed by atoms with Crippen molar-refractivity contribution in [2.45, 2.75) is 53.4 Å². The average Bonchev–Trinajstić information content (AvgIpc) is 3.03. The van der Waals surface area contributed by atoms with Crippen LogP contribution in [0.1, 0.15) is 53.4 Å². The van der Waals surface area contributed by atoms with Crippen LogP contribution in [0.25, 0.3) is 0 Å². The molecular weight excluding hydrogens is 300 g/mol. The standard InChI is InChI=1S/C25H28/c1-16-18(3)22(24-12-7-5-10-20(16)24)14-9-15-23-19(4)17(2)21-11-6-8-13-25(21)23/h5,7-8,10-13,24H,6,9,14-15H2,1-4H3. The van der Waals surface area contributed by atoms with Gasteiger partial charge in [-0.05, 0) is 98.0 Å². The molecule has 0 aromatic rings. The fourth-order valence-electron chi connectivity index (χ4n) is 4.84. The molecule has 0 aromatic carbocycles. The van der Waals surface area contributed by atoms with Gasteiger partial charge >= 0.3 is 0 Å². The Bertz CT molecular complexity index is 869. The van der Waals surface area contributed by atoms with Crippen molar-refractivity contribution >= 4 is 0 Å². The third-order valence-electron chi connectivity index (χ3n) is 6.53. The van der Waals surface area contributed by atoms with Crippen LogP contribution in [0.5, 0.6) is 0 Å². The molecule has 0 N–H and O–H groups in total. The van der Waals surface area contributed by atoms with Crippen molar-refractivity contribution < 1.29 is 0 Å². The highest BCUT2D eigenvalue weighted by Crippen LogP contribution is 2.44. The molecule has 0 heterocycles. The van der Waals surface area contributed by atoms with Crippen LogP contribution in [0.4, 0.5) is 0 Å². The van der Waals surface area contributed by atoms with Crippen molar-refractivity contribution in [3.63, 3.8) is 0 Å². The van der Waals surface area contributed by atoms with E-state index in [0.29, 0.717) is 5.92 Å². The lowest BCUT2D eigenvalue weighted by atomic mass is 9.87. The zero-order valence-electron chi connectivity index (χ0n) is 15.9. The fraction of sp³-hybridized carbons (Fsp3) is 0.360. The van der Waals surface area contributed by atoms with E-state index in [1.807, 2.05) is 0 Å². The largest absolute Gasteiger partial charge is 0.0801 e.